The van der Waals surface area contributed by atoms with Crippen LogP contribution in [0.4, 0.5) is 4.39 Å². The van der Waals surface area contributed by atoms with Crippen LogP contribution in [0.2, 0.25) is 5.02 Å². The SMILES string of the molecule is CCN1CCC(CCOc2cc(F)c3c(-c4ccc(O)c(Cl)c4)nc4[nH]nc(C)c4c3c2OC)CC1. The molecule has 1 fully saturated rings. The first-order valence-corrected chi connectivity index (χ1v) is 12.7. The van der Waals surface area contributed by atoms with E-state index in [2.05, 4.69) is 27.0 Å². The van der Waals surface area contributed by atoms with Crippen LogP contribution < -0.4 is 9.47 Å². The highest BCUT2D eigenvalue weighted by molar-refractivity contribution is 6.32. The average molecular weight is 513 g/mol. The predicted molar refractivity (Wildman–Crippen MR) is 140 cm³/mol. The average Bonchev–Trinajstić information content (AvgIpc) is 3.26. The number of hydrogen-bond acceptors (Lipinski definition) is 6. The van der Waals surface area contributed by atoms with Crippen molar-refractivity contribution in [2.45, 2.75) is 33.1 Å². The molecular weight excluding hydrogens is 483 g/mol. The minimum atomic E-state index is -0.480. The Bertz CT molecular complexity index is 1420. The van der Waals surface area contributed by atoms with Gasteiger partial charge in [-0.1, -0.05) is 18.5 Å². The summed E-state index contributed by atoms with van der Waals surface area (Å²) < 4.78 is 27.8. The number of benzene rings is 2. The van der Waals surface area contributed by atoms with E-state index in [1.807, 2.05) is 6.92 Å². The number of aromatic hydroxyl groups is 1. The second-order valence-corrected chi connectivity index (χ2v) is 9.72. The first kappa shape index (κ1) is 24.6. The van der Waals surface area contributed by atoms with Crippen molar-refractivity contribution in [3.05, 3.63) is 40.8 Å². The Balaban J connectivity index is 1.57. The molecule has 0 aliphatic carbocycles. The number of halogens is 2. The Morgan fingerprint density at radius 2 is 1.97 bits per heavy atom. The molecule has 0 radical (unpaired) electrons. The van der Waals surface area contributed by atoms with E-state index in [0.29, 0.717) is 57.4 Å². The normalized spacial score (nSPS) is 15.1. The molecule has 2 aromatic carbocycles. The molecule has 36 heavy (non-hydrogen) atoms. The number of pyridine rings is 1. The van der Waals surface area contributed by atoms with Gasteiger partial charge in [0, 0.05) is 22.4 Å². The first-order valence-electron chi connectivity index (χ1n) is 12.3. The van der Waals surface area contributed by atoms with Gasteiger partial charge in [-0.15, -0.1) is 0 Å². The van der Waals surface area contributed by atoms with Crippen molar-refractivity contribution in [1.82, 2.24) is 20.1 Å². The van der Waals surface area contributed by atoms with Gasteiger partial charge in [0.15, 0.2) is 17.1 Å². The molecule has 190 valence electrons. The van der Waals surface area contributed by atoms with Crippen LogP contribution in [-0.2, 0) is 0 Å². The highest BCUT2D eigenvalue weighted by Crippen LogP contribution is 2.45. The summed E-state index contributed by atoms with van der Waals surface area (Å²) in [7, 11) is 1.55. The van der Waals surface area contributed by atoms with Gasteiger partial charge in [0.1, 0.15) is 11.6 Å². The highest BCUT2D eigenvalue weighted by atomic mass is 35.5. The summed E-state index contributed by atoms with van der Waals surface area (Å²) in [5.74, 6) is 0.858. The molecule has 0 atom stereocenters. The third kappa shape index (κ3) is 4.44. The van der Waals surface area contributed by atoms with Crippen molar-refractivity contribution in [3.8, 4) is 28.5 Å². The van der Waals surface area contributed by atoms with E-state index >= 15 is 4.39 Å². The van der Waals surface area contributed by atoms with Crippen molar-refractivity contribution in [2.75, 3.05) is 33.4 Å². The number of nitrogens with zero attached hydrogens (tertiary/aromatic N) is 3. The van der Waals surface area contributed by atoms with Crippen LogP contribution in [0.3, 0.4) is 0 Å². The number of rotatable bonds is 7. The van der Waals surface area contributed by atoms with E-state index in [1.165, 1.54) is 12.1 Å². The van der Waals surface area contributed by atoms with Crippen molar-refractivity contribution in [1.29, 1.82) is 0 Å². The summed E-state index contributed by atoms with van der Waals surface area (Å²) in [6, 6.07) is 6.05. The number of aromatic amines is 1. The second kappa shape index (κ2) is 10.1. The topological polar surface area (TPSA) is 83.5 Å². The number of ether oxygens (including phenoxy) is 2. The fraction of sp³-hybridized carbons (Fsp3) is 0.407. The van der Waals surface area contributed by atoms with E-state index in [-0.39, 0.29) is 16.2 Å². The van der Waals surface area contributed by atoms with Gasteiger partial charge in [0.2, 0.25) is 0 Å². The number of H-pyrrole nitrogens is 1. The first-order chi connectivity index (χ1) is 17.4. The molecule has 5 rings (SSSR count). The van der Waals surface area contributed by atoms with E-state index in [4.69, 9.17) is 21.1 Å². The van der Waals surface area contributed by atoms with Crippen LogP contribution in [0.15, 0.2) is 24.3 Å². The zero-order valence-corrected chi connectivity index (χ0v) is 21.5. The maximum absolute atomic E-state index is 15.8. The largest absolute Gasteiger partial charge is 0.506 e. The number of aryl methyl sites for hydroxylation is 1. The molecule has 0 amide bonds. The molecule has 9 heteroatoms. The molecule has 1 saturated heterocycles. The van der Waals surface area contributed by atoms with Crippen LogP contribution in [0, 0.1) is 18.7 Å². The fourth-order valence-corrected chi connectivity index (χ4v) is 5.33. The van der Waals surface area contributed by atoms with Crippen LogP contribution in [0.25, 0.3) is 33.1 Å². The van der Waals surface area contributed by atoms with Crippen LogP contribution in [0.1, 0.15) is 31.9 Å². The molecule has 0 unspecified atom stereocenters. The summed E-state index contributed by atoms with van der Waals surface area (Å²) in [5.41, 5.74) is 2.10. The molecule has 3 heterocycles. The lowest BCUT2D eigenvalue weighted by Gasteiger charge is -2.31. The number of piperidine rings is 1. The quantitative estimate of drug-likeness (QED) is 0.311. The van der Waals surface area contributed by atoms with Gasteiger partial charge in [0.25, 0.3) is 0 Å². The summed E-state index contributed by atoms with van der Waals surface area (Å²) in [4.78, 5) is 7.13. The van der Waals surface area contributed by atoms with Crippen LogP contribution >= 0.6 is 11.6 Å². The number of likely N-dealkylation sites (tertiary alicyclic amines) is 1. The van der Waals surface area contributed by atoms with E-state index < -0.39 is 5.82 Å². The van der Waals surface area contributed by atoms with Crippen LogP contribution in [-0.4, -0.2) is 58.5 Å². The van der Waals surface area contributed by atoms with Crippen molar-refractivity contribution in [2.24, 2.45) is 5.92 Å². The number of aromatic nitrogens is 3. The van der Waals surface area contributed by atoms with E-state index in [1.54, 1.807) is 19.2 Å². The Morgan fingerprint density at radius 1 is 1.19 bits per heavy atom. The van der Waals surface area contributed by atoms with Crippen LogP contribution in [0.5, 0.6) is 17.2 Å². The summed E-state index contributed by atoms with van der Waals surface area (Å²) >= 11 is 6.16. The van der Waals surface area contributed by atoms with Crippen molar-refractivity contribution in [3.63, 3.8) is 0 Å². The Kier molecular flexibility index (Phi) is 6.90. The predicted octanol–water partition coefficient (Wildman–Crippen LogP) is 6.09. The lowest BCUT2D eigenvalue weighted by molar-refractivity contribution is 0.168. The van der Waals surface area contributed by atoms with Gasteiger partial charge < -0.3 is 19.5 Å². The van der Waals surface area contributed by atoms with Gasteiger partial charge in [0.05, 0.1) is 35.5 Å². The monoisotopic (exact) mass is 512 g/mol. The van der Waals surface area contributed by atoms with E-state index in [0.717, 1.165) is 38.9 Å². The smallest absolute Gasteiger partial charge is 0.169 e. The standard InChI is InChI=1S/C27H30ClFN4O3/c1-4-33-10-7-16(8-11-33)9-12-36-21-14-19(29)23-24(26(21)35-3)22-15(2)31-32-27(22)30-25(23)17-5-6-20(34)18(28)13-17/h5-6,13-14,16,34H,4,7-12H2,1-3H3,(H,30,31,32). The number of hydrogen-bond donors (Lipinski definition) is 2. The van der Waals surface area contributed by atoms with Crippen molar-refractivity contribution < 1.29 is 19.0 Å². The molecule has 2 aromatic heterocycles. The number of fused-ring (bicyclic) bond motifs is 3. The Hall–Kier alpha value is -3.10. The number of phenolic OH excluding ortho intramolecular Hbond substituents is 1. The molecule has 0 saturated carbocycles. The third-order valence-corrected chi connectivity index (χ3v) is 7.50. The highest BCUT2D eigenvalue weighted by Gasteiger charge is 2.25. The molecule has 2 N–H and O–H groups in total. The maximum Gasteiger partial charge on any atom is 0.169 e. The van der Waals surface area contributed by atoms with Gasteiger partial charge in [-0.05, 0) is 69.9 Å². The molecule has 4 aromatic rings. The second-order valence-electron chi connectivity index (χ2n) is 9.31. The Labute approximate surface area is 214 Å². The minimum Gasteiger partial charge on any atom is -0.506 e. The zero-order valence-electron chi connectivity index (χ0n) is 20.7. The summed E-state index contributed by atoms with van der Waals surface area (Å²) in [6.45, 7) is 7.83. The lowest BCUT2D eigenvalue weighted by Crippen LogP contribution is -2.33. The van der Waals surface area contributed by atoms with Gasteiger partial charge >= 0.3 is 0 Å². The lowest BCUT2D eigenvalue weighted by atomic mass is 9.94. The van der Waals surface area contributed by atoms with Crippen molar-refractivity contribution >= 4 is 33.4 Å². The number of methoxy groups -OCH3 is 1. The zero-order chi connectivity index (χ0) is 25.4. The van der Waals surface area contributed by atoms with Gasteiger partial charge in [-0.25, -0.2) is 9.37 Å². The van der Waals surface area contributed by atoms with Gasteiger partial charge in [-0.2, -0.15) is 5.10 Å². The molecular formula is C27H30ClFN4O3. The van der Waals surface area contributed by atoms with E-state index in [9.17, 15) is 5.11 Å². The maximum atomic E-state index is 15.8. The fourth-order valence-electron chi connectivity index (χ4n) is 5.15. The minimum absolute atomic E-state index is 0.0581. The molecule has 1 aliphatic heterocycles. The molecule has 1 aliphatic rings. The Morgan fingerprint density at radius 3 is 2.67 bits per heavy atom. The van der Waals surface area contributed by atoms with Gasteiger partial charge in [-0.3, -0.25) is 5.10 Å². The number of nitrogens with one attached hydrogen (secondary N) is 1. The summed E-state index contributed by atoms with van der Waals surface area (Å²) in [5, 5.41) is 18.8. The molecule has 7 nitrogen and oxygen atoms in total. The third-order valence-electron chi connectivity index (χ3n) is 7.20. The summed E-state index contributed by atoms with van der Waals surface area (Å²) in [6.07, 6.45) is 3.22. The molecule has 0 bridgehead atoms. The number of phenols is 1. The molecule has 0 spiro atoms.